The minimum absolute atomic E-state index is 0.111. The van der Waals surface area contributed by atoms with Gasteiger partial charge in [-0.25, -0.2) is 0 Å². The van der Waals surface area contributed by atoms with Crippen LogP contribution in [0.3, 0.4) is 0 Å². The Labute approximate surface area is 201 Å². The number of rotatable bonds is 5. The van der Waals surface area contributed by atoms with Gasteiger partial charge in [0.2, 0.25) is 5.78 Å². The van der Waals surface area contributed by atoms with Crippen molar-refractivity contribution in [2.24, 2.45) is 0 Å². The highest BCUT2D eigenvalue weighted by Crippen LogP contribution is 2.39. The summed E-state index contributed by atoms with van der Waals surface area (Å²) in [6.07, 6.45) is 1.79. The molecule has 0 radical (unpaired) electrons. The Morgan fingerprint density at radius 3 is 2.27 bits per heavy atom. The fourth-order valence-corrected chi connectivity index (χ4v) is 4.08. The maximum Gasteiger partial charge on any atom is 0.231 e. The molecule has 1 heterocycles. The molecule has 0 atom stereocenters. The second-order valence-electron chi connectivity index (χ2n) is 7.91. The van der Waals surface area contributed by atoms with Crippen LogP contribution < -0.4 is 9.47 Å². The summed E-state index contributed by atoms with van der Waals surface area (Å²) in [6, 6.07) is 29.9. The van der Waals surface area contributed by atoms with Gasteiger partial charge in [-0.3, -0.25) is 4.79 Å². The first kappa shape index (κ1) is 21.2. The van der Waals surface area contributed by atoms with Gasteiger partial charge in [0, 0.05) is 10.0 Å². The van der Waals surface area contributed by atoms with Crippen molar-refractivity contribution in [3.8, 4) is 22.6 Å². The molecule has 4 heteroatoms. The van der Waals surface area contributed by atoms with Crippen molar-refractivity contribution in [2.45, 2.75) is 13.5 Å². The summed E-state index contributed by atoms with van der Waals surface area (Å²) in [5.74, 6) is 1.49. The highest BCUT2D eigenvalue weighted by atomic mass is 79.9. The maximum atomic E-state index is 12.9. The van der Waals surface area contributed by atoms with Crippen molar-refractivity contribution in [1.82, 2.24) is 0 Å². The van der Waals surface area contributed by atoms with Crippen molar-refractivity contribution in [1.29, 1.82) is 0 Å². The fraction of sp³-hybridized carbons (Fsp3) is 0.0690. The molecule has 0 fully saturated rings. The number of ketones is 1. The van der Waals surface area contributed by atoms with Gasteiger partial charge >= 0.3 is 0 Å². The minimum Gasteiger partial charge on any atom is -0.488 e. The lowest BCUT2D eigenvalue weighted by Gasteiger charge is -2.11. The average molecular weight is 497 g/mol. The maximum absolute atomic E-state index is 12.9. The van der Waals surface area contributed by atoms with E-state index in [0.717, 1.165) is 32.3 Å². The third-order valence-corrected chi connectivity index (χ3v) is 6.19. The van der Waals surface area contributed by atoms with Gasteiger partial charge < -0.3 is 9.47 Å². The fourth-order valence-electron chi connectivity index (χ4n) is 3.82. The molecular weight excluding hydrogens is 476 g/mol. The third-order valence-electron chi connectivity index (χ3n) is 5.66. The second kappa shape index (κ2) is 9.08. The zero-order valence-electron chi connectivity index (χ0n) is 18.0. The Kier molecular flexibility index (Phi) is 5.84. The second-order valence-corrected chi connectivity index (χ2v) is 8.82. The van der Waals surface area contributed by atoms with E-state index in [1.165, 1.54) is 0 Å². The largest absolute Gasteiger partial charge is 0.488 e. The van der Waals surface area contributed by atoms with Crippen LogP contribution in [-0.2, 0) is 6.61 Å². The van der Waals surface area contributed by atoms with E-state index in [1.54, 1.807) is 12.1 Å². The van der Waals surface area contributed by atoms with Gasteiger partial charge in [-0.05, 0) is 59.5 Å². The van der Waals surface area contributed by atoms with E-state index in [4.69, 9.17) is 9.47 Å². The number of Topliss-reactive ketones (excluding diaryl/α,β-unsaturated/α-hetero) is 1. The molecule has 0 spiro atoms. The third kappa shape index (κ3) is 4.48. The number of hydrogen-bond acceptors (Lipinski definition) is 3. The molecule has 0 saturated heterocycles. The first-order valence-electron chi connectivity index (χ1n) is 10.7. The zero-order chi connectivity index (χ0) is 22.8. The lowest BCUT2D eigenvalue weighted by Crippen LogP contribution is -1.98. The molecule has 4 aromatic rings. The average Bonchev–Trinajstić information content (AvgIpc) is 3.17. The van der Waals surface area contributed by atoms with E-state index in [2.05, 4.69) is 28.1 Å². The van der Waals surface area contributed by atoms with Crippen molar-refractivity contribution in [3.05, 3.63) is 123 Å². The summed E-state index contributed by atoms with van der Waals surface area (Å²) in [5, 5.41) is 0. The lowest BCUT2D eigenvalue weighted by atomic mass is 10.0. The Bertz CT molecular complexity index is 1340. The molecule has 0 amide bonds. The molecule has 0 saturated carbocycles. The van der Waals surface area contributed by atoms with Crippen LogP contribution in [0.5, 0.6) is 11.5 Å². The van der Waals surface area contributed by atoms with Crippen LogP contribution in [0.2, 0.25) is 0 Å². The zero-order valence-corrected chi connectivity index (χ0v) is 19.6. The van der Waals surface area contributed by atoms with Crippen molar-refractivity contribution in [2.75, 3.05) is 0 Å². The molecular formula is C29H21BrO3. The number of allylic oxidation sites excluding steroid dienone is 1. The quantitative estimate of drug-likeness (QED) is 0.266. The minimum atomic E-state index is -0.111. The van der Waals surface area contributed by atoms with Gasteiger partial charge in [0.15, 0.2) is 5.76 Å². The molecule has 33 heavy (non-hydrogen) atoms. The number of hydrogen-bond donors (Lipinski definition) is 0. The van der Waals surface area contributed by atoms with Gasteiger partial charge in [0.25, 0.3) is 0 Å². The van der Waals surface area contributed by atoms with E-state index < -0.39 is 0 Å². The summed E-state index contributed by atoms with van der Waals surface area (Å²) < 4.78 is 13.0. The Balaban J connectivity index is 1.34. The molecule has 5 rings (SSSR count). The number of carbonyl (C=O) groups is 1. The summed E-state index contributed by atoms with van der Waals surface area (Å²) in [5.41, 5.74) is 5.65. The monoisotopic (exact) mass is 496 g/mol. The molecule has 4 aromatic carbocycles. The van der Waals surface area contributed by atoms with Gasteiger partial charge in [-0.15, -0.1) is 0 Å². The van der Waals surface area contributed by atoms with Crippen molar-refractivity contribution in [3.63, 3.8) is 0 Å². The van der Waals surface area contributed by atoms with Crippen molar-refractivity contribution < 1.29 is 14.3 Å². The highest BCUT2D eigenvalue weighted by Gasteiger charge is 2.30. The Morgan fingerprint density at radius 1 is 0.848 bits per heavy atom. The highest BCUT2D eigenvalue weighted by molar-refractivity contribution is 9.10. The van der Waals surface area contributed by atoms with E-state index >= 15 is 0 Å². The number of benzene rings is 4. The van der Waals surface area contributed by atoms with Gasteiger partial charge in [0.1, 0.15) is 18.1 Å². The molecule has 3 nitrogen and oxygen atoms in total. The number of fused-ring (bicyclic) bond motifs is 1. The molecule has 0 bridgehead atoms. The van der Waals surface area contributed by atoms with Crippen LogP contribution in [0.15, 0.2) is 101 Å². The van der Waals surface area contributed by atoms with Crippen LogP contribution in [0.4, 0.5) is 0 Å². The molecule has 1 aliphatic heterocycles. The molecule has 0 aliphatic carbocycles. The summed E-state index contributed by atoms with van der Waals surface area (Å²) in [6.45, 7) is 2.36. The van der Waals surface area contributed by atoms with E-state index in [9.17, 15) is 4.79 Å². The molecule has 162 valence electrons. The molecule has 0 aromatic heterocycles. The van der Waals surface area contributed by atoms with Crippen molar-refractivity contribution >= 4 is 27.8 Å². The van der Waals surface area contributed by atoms with Crippen LogP contribution in [-0.4, -0.2) is 5.78 Å². The Hall–Kier alpha value is -3.63. The smallest absolute Gasteiger partial charge is 0.231 e. The standard InChI is InChI=1S/C29H21BrO3/c1-19-26(32-18-21-9-13-24(30)14-10-21)16-15-25-28(31)27(33-29(19)25)17-20-7-11-23(12-8-20)22-5-3-2-4-6-22/h2-17H,18H2,1H3/b27-17-. The van der Waals surface area contributed by atoms with Crippen LogP contribution in [0.25, 0.3) is 17.2 Å². The lowest BCUT2D eigenvalue weighted by molar-refractivity contribution is 0.101. The number of halogens is 1. The molecule has 0 N–H and O–H groups in total. The van der Waals surface area contributed by atoms with E-state index in [-0.39, 0.29) is 5.78 Å². The predicted molar refractivity (Wildman–Crippen MR) is 134 cm³/mol. The van der Waals surface area contributed by atoms with E-state index in [0.29, 0.717) is 29.4 Å². The first-order chi connectivity index (χ1) is 16.1. The van der Waals surface area contributed by atoms with Crippen LogP contribution in [0.1, 0.15) is 27.0 Å². The first-order valence-corrected chi connectivity index (χ1v) is 11.5. The predicted octanol–water partition coefficient (Wildman–Crippen LogP) is 7.62. The van der Waals surface area contributed by atoms with E-state index in [1.807, 2.05) is 79.7 Å². The topological polar surface area (TPSA) is 35.5 Å². The van der Waals surface area contributed by atoms with Crippen LogP contribution in [0, 0.1) is 6.92 Å². The number of carbonyl (C=O) groups excluding carboxylic acids is 1. The normalized spacial score (nSPS) is 13.6. The van der Waals surface area contributed by atoms with Gasteiger partial charge in [-0.2, -0.15) is 0 Å². The summed E-state index contributed by atoms with van der Waals surface area (Å²) in [7, 11) is 0. The number of ether oxygens (including phenoxy) is 2. The molecule has 1 aliphatic rings. The van der Waals surface area contributed by atoms with Gasteiger partial charge in [0.05, 0.1) is 5.56 Å². The van der Waals surface area contributed by atoms with Crippen LogP contribution >= 0.6 is 15.9 Å². The molecule has 0 unspecified atom stereocenters. The SMILES string of the molecule is Cc1c(OCc2ccc(Br)cc2)ccc2c1O/C(=C\c1ccc(-c3ccccc3)cc1)C2=O. The van der Waals surface area contributed by atoms with Gasteiger partial charge in [-0.1, -0.05) is 82.7 Å². The summed E-state index contributed by atoms with van der Waals surface area (Å²) in [4.78, 5) is 12.9. The summed E-state index contributed by atoms with van der Waals surface area (Å²) >= 11 is 3.44. The Morgan fingerprint density at radius 2 is 1.55 bits per heavy atom.